The third-order valence-electron chi connectivity index (χ3n) is 7.05. The second-order valence-electron chi connectivity index (χ2n) is 10.5. The Labute approximate surface area is 219 Å². The molecule has 1 rings (SSSR count). The Balaban J connectivity index is 2.24. The van der Waals surface area contributed by atoms with Crippen LogP contribution in [0.5, 0.6) is 0 Å². The van der Waals surface area contributed by atoms with Gasteiger partial charge in [0.15, 0.2) is 0 Å². The van der Waals surface area contributed by atoms with E-state index < -0.39 is 22.2 Å². The van der Waals surface area contributed by atoms with Gasteiger partial charge in [-0.2, -0.15) is 8.42 Å². The average Bonchev–Trinajstić information content (AvgIpc) is 3.24. The van der Waals surface area contributed by atoms with E-state index in [1.165, 1.54) is 70.6 Å². The number of urea groups is 1. The minimum absolute atomic E-state index is 0.213. The van der Waals surface area contributed by atoms with E-state index in [0.29, 0.717) is 32.5 Å². The van der Waals surface area contributed by atoms with E-state index in [2.05, 4.69) is 19.3 Å². The highest BCUT2D eigenvalue weighted by Gasteiger charge is 2.27. The van der Waals surface area contributed by atoms with Crippen LogP contribution in [-0.4, -0.2) is 86.6 Å². The molecule has 212 valence electrons. The summed E-state index contributed by atoms with van der Waals surface area (Å²) in [5, 5.41) is 2.57. The van der Waals surface area contributed by atoms with Crippen LogP contribution in [0.2, 0.25) is 0 Å². The van der Waals surface area contributed by atoms with E-state index in [1.54, 1.807) is 0 Å². The fourth-order valence-electron chi connectivity index (χ4n) is 4.78. The zero-order valence-corrected chi connectivity index (χ0v) is 23.7. The Hall–Kier alpha value is -1.39. The van der Waals surface area contributed by atoms with Crippen LogP contribution in [0.3, 0.4) is 0 Å². The molecule has 0 aromatic heterocycles. The monoisotopic (exact) mass is 534 g/mol. The molecule has 10 heteroatoms. The van der Waals surface area contributed by atoms with Gasteiger partial charge in [-0.05, 0) is 25.7 Å². The Morgan fingerprint density at radius 1 is 0.889 bits per heavy atom. The van der Waals surface area contributed by atoms with Crippen LogP contribution >= 0.6 is 0 Å². The van der Waals surface area contributed by atoms with Crippen molar-refractivity contribution in [2.24, 2.45) is 0 Å². The maximum Gasteiger partial charge on any atom is 0.418 e. The number of rotatable bonds is 22. The van der Waals surface area contributed by atoms with Crippen molar-refractivity contribution < 1.29 is 31.8 Å². The number of hydrogen-bond donors (Lipinski definition) is 2. The van der Waals surface area contributed by atoms with Crippen molar-refractivity contribution in [3.8, 4) is 0 Å². The van der Waals surface area contributed by atoms with Gasteiger partial charge in [-0.15, -0.1) is 0 Å². The topological polar surface area (TPSA) is 113 Å². The molecule has 0 aromatic rings. The normalized spacial score (nSPS) is 15.6. The highest BCUT2D eigenvalue weighted by molar-refractivity contribution is 7.85. The van der Waals surface area contributed by atoms with Gasteiger partial charge < -0.3 is 14.5 Å². The minimum Gasteiger partial charge on any atom is -0.449 e. The number of carbonyl (C=O) groups is 2. The number of quaternary nitrogens is 1. The van der Waals surface area contributed by atoms with Crippen LogP contribution in [0.4, 0.5) is 9.59 Å². The lowest BCUT2D eigenvalue weighted by atomic mass is 10.0. The standard InChI is InChI=1S/C26H51N3O6S/c1-3-4-5-6-7-8-9-10-11-12-13-14-20-29(2,22-17-24-36(32,33)34)21-15-16-23-35-26(31)28-19-18-27-25(28)30/h3-24H2,1-2H3,(H-,27,30,32,33,34)/p+1. The molecule has 1 aliphatic rings. The molecule has 9 nitrogen and oxygen atoms in total. The Bertz CT molecular complexity index is 718. The number of nitrogens with zero attached hydrogens (tertiary/aromatic N) is 2. The molecule has 0 bridgehead atoms. The van der Waals surface area contributed by atoms with Gasteiger partial charge in [0.2, 0.25) is 0 Å². The summed E-state index contributed by atoms with van der Waals surface area (Å²) >= 11 is 0. The van der Waals surface area contributed by atoms with Gasteiger partial charge in [0.25, 0.3) is 10.1 Å². The summed E-state index contributed by atoms with van der Waals surface area (Å²) in [4.78, 5) is 24.5. The number of hydrogen-bond acceptors (Lipinski definition) is 5. The van der Waals surface area contributed by atoms with Crippen LogP contribution < -0.4 is 5.32 Å². The van der Waals surface area contributed by atoms with E-state index in [9.17, 15) is 18.0 Å². The van der Waals surface area contributed by atoms with Crippen molar-refractivity contribution >= 4 is 22.2 Å². The van der Waals surface area contributed by atoms with E-state index in [0.717, 1.165) is 35.3 Å². The van der Waals surface area contributed by atoms with Crippen molar-refractivity contribution in [1.82, 2.24) is 10.2 Å². The number of imide groups is 1. The van der Waals surface area contributed by atoms with E-state index in [4.69, 9.17) is 9.29 Å². The molecule has 2 N–H and O–H groups in total. The van der Waals surface area contributed by atoms with Crippen molar-refractivity contribution in [3.05, 3.63) is 0 Å². The third-order valence-corrected chi connectivity index (χ3v) is 7.85. The SMILES string of the molecule is CCCCCCCCCCCCCC[N+](C)(CCCCOC(=O)N1CCNC1=O)CCCS(=O)(=O)O. The number of unbranched alkanes of at least 4 members (excludes halogenated alkanes) is 12. The van der Waals surface area contributed by atoms with Crippen molar-refractivity contribution in [2.45, 2.75) is 103 Å². The number of carbonyl (C=O) groups excluding carboxylic acids is 2. The summed E-state index contributed by atoms with van der Waals surface area (Å²) in [6.07, 6.45) is 16.9. The lowest BCUT2D eigenvalue weighted by Gasteiger charge is -2.35. The Kier molecular flexibility index (Phi) is 17.0. The maximum absolute atomic E-state index is 11.9. The first-order valence-electron chi connectivity index (χ1n) is 14.2. The van der Waals surface area contributed by atoms with Crippen molar-refractivity contribution in [1.29, 1.82) is 0 Å². The van der Waals surface area contributed by atoms with Crippen molar-refractivity contribution in [3.63, 3.8) is 0 Å². The summed E-state index contributed by atoms with van der Waals surface area (Å²) in [6, 6.07) is -0.412. The molecule has 0 saturated carbocycles. The zero-order chi connectivity index (χ0) is 26.7. The smallest absolute Gasteiger partial charge is 0.418 e. The highest BCUT2D eigenvalue weighted by atomic mass is 32.2. The predicted octanol–water partition coefficient (Wildman–Crippen LogP) is 5.35. The second kappa shape index (κ2) is 18.8. The maximum atomic E-state index is 11.9. The van der Waals surface area contributed by atoms with E-state index in [1.807, 2.05) is 0 Å². The summed E-state index contributed by atoms with van der Waals surface area (Å²) < 4.78 is 37.4. The minimum atomic E-state index is -3.95. The molecule has 0 aromatic carbocycles. The molecule has 1 fully saturated rings. The van der Waals surface area contributed by atoms with Gasteiger partial charge in [0.1, 0.15) is 0 Å². The summed E-state index contributed by atoms with van der Waals surface area (Å²) in [6.45, 7) is 5.80. The van der Waals surface area contributed by atoms with Crippen LogP contribution in [0, 0.1) is 0 Å². The molecular formula is C26H52N3O6S+. The molecule has 0 spiro atoms. The molecule has 36 heavy (non-hydrogen) atoms. The van der Waals surface area contributed by atoms with Crippen LogP contribution in [0.25, 0.3) is 0 Å². The number of ether oxygens (including phenoxy) is 1. The molecule has 1 unspecified atom stereocenters. The largest absolute Gasteiger partial charge is 0.449 e. The first-order chi connectivity index (χ1) is 17.2. The first kappa shape index (κ1) is 32.6. The predicted molar refractivity (Wildman–Crippen MR) is 144 cm³/mol. The van der Waals surface area contributed by atoms with E-state index >= 15 is 0 Å². The Morgan fingerprint density at radius 3 is 1.89 bits per heavy atom. The molecule has 1 saturated heterocycles. The summed E-state index contributed by atoms with van der Waals surface area (Å²) in [5.41, 5.74) is 0. The van der Waals surface area contributed by atoms with Gasteiger partial charge in [-0.3, -0.25) is 4.55 Å². The number of amides is 3. The van der Waals surface area contributed by atoms with Crippen molar-refractivity contribution in [2.75, 3.05) is 52.1 Å². The first-order valence-corrected chi connectivity index (χ1v) is 15.8. The molecule has 0 aliphatic carbocycles. The summed E-state index contributed by atoms with van der Waals surface area (Å²) in [7, 11) is -1.81. The van der Waals surface area contributed by atoms with Gasteiger partial charge in [0.05, 0.1) is 45.6 Å². The van der Waals surface area contributed by atoms with Crippen LogP contribution in [-0.2, 0) is 14.9 Å². The molecule has 3 amide bonds. The van der Waals surface area contributed by atoms with Crippen LogP contribution in [0.1, 0.15) is 103 Å². The second-order valence-corrected chi connectivity index (χ2v) is 12.1. The summed E-state index contributed by atoms with van der Waals surface area (Å²) in [5.74, 6) is -0.213. The molecular weight excluding hydrogens is 482 g/mol. The average molecular weight is 535 g/mol. The lowest BCUT2D eigenvalue weighted by molar-refractivity contribution is -0.910. The molecule has 1 heterocycles. The zero-order valence-electron chi connectivity index (χ0n) is 22.8. The van der Waals surface area contributed by atoms with Crippen LogP contribution in [0.15, 0.2) is 0 Å². The van der Waals surface area contributed by atoms with Gasteiger partial charge in [-0.25, -0.2) is 14.5 Å². The lowest BCUT2D eigenvalue weighted by Crippen LogP contribution is -2.46. The molecule has 1 aliphatic heterocycles. The van der Waals surface area contributed by atoms with E-state index in [-0.39, 0.29) is 12.4 Å². The highest BCUT2D eigenvalue weighted by Crippen LogP contribution is 2.15. The molecule has 1 atom stereocenters. The fourth-order valence-corrected chi connectivity index (χ4v) is 5.27. The van der Waals surface area contributed by atoms with Gasteiger partial charge >= 0.3 is 12.1 Å². The fraction of sp³-hybridized carbons (Fsp3) is 0.923. The number of nitrogens with one attached hydrogen (secondary N) is 1. The third kappa shape index (κ3) is 16.4. The van der Waals surface area contributed by atoms with Gasteiger partial charge in [0, 0.05) is 13.0 Å². The molecule has 0 radical (unpaired) electrons. The Morgan fingerprint density at radius 2 is 1.39 bits per heavy atom. The quantitative estimate of drug-likeness (QED) is 0.110. The van der Waals surface area contributed by atoms with Gasteiger partial charge in [-0.1, -0.05) is 71.1 Å².